The molecule has 5 nitrogen and oxygen atoms in total. The highest BCUT2D eigenvalue weighted by Crippen LogP contribution is 2.30. The van der Waals surface area contributed by atoms with Gasteiger partial charge in [-0.2, -0.15) is 0 Å². The third-order valence-electron chi connectivity index (χ3n) is 3.44. The van der Waals surface area contributed by atoms with Gasteiger partial charge < -0.3 is 15.2 Å². The van der Waals surface area contributed by atoms with E-state index in [-0.39, 0.29) is 0 Å². The number of likely N-dealkylation sites (tertiary alicyclic amines) is 1. The van der Waals surface area contributed by atoms with E-state index in [4.69, 9.17) is 15.2 Å². The van der Waals surface area contributed by atoms with Crippen molar-refractivity contribution in [1.82, 2.24) is 9.88 Å². The number of hydrogen-bond acceptors (Lipinski definition) is 5. The van der Waals surface area contributed by atoms with Crippen LogP contribution in [0.3, 0.4) is 0 Å². The lowest BCUT2D eigenvalue weighted by Crippen LogP contribution is -2.23. The molecular weight excluding hydrogens is 230 g/mol. The molecule has 1 unspecified atom stereocenters. The maximum absolute atomic E-state index is 5.70. The molecule has 1 atom stereocenters. The smallest absolute Gasteiger partial charge is 0.183 e. The SMILES string of the molecule is COc1ccnc(CN2CCC(CN)C2)c1OC. The Morgan fingerprint density at radius 3 is 2.89 bits per heavy atom. The molecule has 1 aliphatic heterocycles. The first-order valence-electron chi connectivity index (χ1n) is 6.26. The van der Waals surface area contributed by atoms with E-state index < -0.39 is 0 Å². The fraction of sp³-hybridized carbons (Fsp3) is 0.615. The second-order valence-electron chi connectivity index (χ2n) is 4.62. The van der Waals surface area contributed by atoms with Gasteiger partial charge in [0.1, 0.15) is 5.69 Å². The van der Waals surface area contributed by atoms with Gasteiger partial charge in [0.25, 0.3) is 0 Å². The van der Waals surface area contributed by atoms with Gasteiger partial charge in [0.2, 0.25) is 0 Å². The monoisotopic (exact) mass is 251 g/mol. The van der Waals surface area contributed by atoms with E-state index in [0.717, 1.165) is 43.4 Å². The van der Waals surface area contributed by atoms with E-state index in [1.807, 2.05) is 6.07 Å². The summed E-state index contributed by atoms with van der Waals surface area (Å²) in [6, 6.07) is 1.81. The molecule has 1 saturated heterocycles. The first kappa shape index (κ1) is 13.1. The number of ether oxygens (including phenoxy) is 2. The number of hydrogen-bond donors (Lipinski definition) is 1. The van der Waals surface area contributed by atoms with Crippen molar-refractivity contribution < 1.29 is 9.47 Å². The van der Waals surface area contributed by atoms with Crippen LogP contribution >= 0.6 is 0 Å². The summed E-state index contributed by atoms with van der Waals surface area (Å²) in [6.07, 6.45) is 2.93. The minimum absolute atomic E-state index is 0.613. The van der Waals surface area contributed by atoms with Gasteiger partial charge in [-0.3, -0.25) is 9.88 Å². The zero-order valence-electron chi connectivity index (χ0n) is 11.1. The molecule has 0 bridgehead atoms. The number of methoxy groups -OCH3 is 2. The molecule has 0 aromatic carbocycles. The van der Waals surface area contributed by atoms with Crippen LogP contribution in [0.5, 0.6) is 11.5 Å². The largest absolute Gasteiger partial charge is 0.493 e. The maximum atomic E-state index is 5.70. The predicted octanol–water partition coefficient (Wildman–Crippen LogP) is 0.879. The van der Waals surface area contributed by atoms with Gasteiger partial charge in [-0.05, 0) is 25.4 Å². The highest BCUT2D eigenvalue weighted by atomic mass is 16.5. The average molecular weight is 251 g/mol. The van der Waals surface area contributed by atoms with Crippen molar-refractivity contribution in [1.29, 1.82) is 0 Å². The summed E-state index contributed by atoms with van der Waals surface area (Å²) in [4.78, 5) is 6.76. The quantitative estimate of drug-likeness (QED) is 0.841. The lowest BCUT2D eigenvalue weighted by molar-refractivity contribution is 0.297. The standard InChI is InChI=1S/C13H21N3O2/c1-17-12-3-5-15-11(13(12)18-2)9-16-6-4-10(7-14)8-16/h3,5,10H,4,6-9,14H2,1-2H3. The number of rotatable bonds is 5. The van der Waals surface area contributed by atoms with Crippen molar-refractivity contribution in [3.05, 3.63) is 18.0 Å². The predicted molar refractivity (Wildman–Crippen MR) is 69.8 cm³/mol. The van der Waals surface area contributed by atoms with E-state index in [0.29, 0.717) is 5.92 Å². The summed E-state index contributed by atoms with van der Waals surface area (Å²) in [7, 11) is 3.29. The Hall–Kier alpha value is -1.33. The number of aromatic nitrogens is 1. The van der Waals surface area contributed by atoms with Gasteiger partial charge in [0, 0.05) is 25.4 Å². The summed E-state index contributed by atoms with van der Waals surface area (Å²) >= 11 is 0. The second-order valence-corrected chi connectivity index (χ2v) is 4.62. The molecule has 0 saturated carbocycles. The Balaban J connectivity index is 2.09. The van der Waals surface area contributed by atoms with Gasteiger partial charge in [-0.25, -0.2) is 0 Å². The van der Waals surface area contributed by atoms with Gasteiger partial charge in [0.15, 0.2) is 11.5 Å². The van der Waals surface area contributed by atoms with Crippen molar-refractivity contribution in [3.63, 3.8) is 0 Å². The van der Waals surface area contributed by atoms with Crippen LogP contribution in [0.15, 0.2) is 12.3 Å². The summed E-state index contributed by atoms with van der Waals surface area (Å²) in [5, 5.41) is 0. The van der Waals surface area contributed by atoms with Crippen LogP contribution in [-0.4, -0.2) is 43.7 Å². The molecule has 18 heavy (non-hydrogen) atoms. The summed E-state index contributed by atoms with van der Waals surface area (Å²) in [5.74, 6) is 2.08. The number of pyridine rings is 1. The summed E-state index contributed by atoms with van der Waals surface area (Å²) < 4.78 is 10.7. The summed E-state index contributed by atoms with van der Waals surface area (Å²) in [6.45, 7) is 3.67. The van der Waals surface area contributed by atoms with Crippen LogP contribution in [-0.2, 0) is 6.54 Å². The minimum Gasteiger partial charge on any atom is -0.493 e. The van der Waals surface area contributed by atoms with Crippen molar-refractivity contribution in [2.45, 2.75) is 13.0 Å². The average Bonchev–Trinajstić information content (AvgIpc) is 2.86. The second kappa shape index (κ2) is 6.02. The highest BCUT2D eigenvalue weighted by molar-refractivity contribution is 5.42. The number of nitrogens with two attached hydrogens (primary N) is 1. The van der Waals surface area contributed by atoms with E-state index in [9.17, 15) is 0 Å². The van der Waals surface area contributed by atoms with E-state index in [1.54, 1.807) is 20.4 Å². The molecule has 0 radical (unpaired) electrons. The number of nitrogens with zero attached hydrogens (tertiary/aromatic N) is 2. The van der Waals surface area contributed by atoms with Crippen LogP contribution in [0, 0.1) is 5.92 Å². The Morgan fingerprint density at radius 2 is 2.28 bits per heavy atom. The molecule has 1 aliphatic rings. The third kappa shape index (κ3) is 2.73. The Labute approximate surface area is 108 Å². The lowest BCUT2D eigenvalue weighted by Gasteiger charge is -2.18. The van der Waals surface area contributed by atoms with Gasteiger partial charge in [-0.1, -0.05) is 0 Å². The first-order chi connectivity index (χ1) is 8.78. The molecule has 0 spiro atoms. The van der Waals surface area contributed by atoms with Crippen LogP contribution < -0.4 is 15.2 Å². The Kier molecular flexibility index (Phi) is 4.38. The van der Waals surface area contributed by atoms with E-state index in [1.165, 1.54) is 6.42 Å². The molecule has 2 rings (SSSR count). The maximum Gasteiger partial charge on any atom is 0.183 e. The molecule has 2 heterocycles. The van der Waals surface area contributed by atoms with Crippen molar-refractivity contribution >= 4 is 0 Å². The van der Waals surface area contributed by atoms with Crippen LogP contribution in [0.2, 0.25) is 0 Å². The van der Waals surface area contributed by atoms with Crippen LogP contribution in [0.4, 0.5) is 0 Å². The fourth-order valence-electron chi connectivity index (χ4n) is 2.42. The van der Waals surface area contributed by atoms with Crippen molar-refractivity contribution in [2.24, 2.45) is 11.7 Å². The third-order valence-corrected chi connectivity index (χ3v) is 3.44. The minimum atomic E-state index is 0.613. The first-order valence-corrected chi connectivity index (χ1v) is 6.26. The van der Waals surface area contributed by atoms with Crippen molar-refractivity contribution in [3.8, 4) is 11.5 Å². The van der Waals surface area contributed by atoms with Gasteiger partial charge >= 0.3 is 0 Å². The molecule has 0 aliphatic carbocycles. The summed E-state index contributed by atoms with van der Waals surface area (Å²) in [5.41, 5.74) is 6.63. The lowest BCUT2D eigenvalue weighted by atomic mass is 10.1. The van der Waals surface area contributed by atoms with Gasteiger partial charge in [-0.15, -0.1) is 0 Å². The normalized spacial score (nSPS) is 20.1. The Morgan fingerprint density at radius 1 is 1.44 bits per heavy atom. The molecule has 2 N–H and O–H groups in total. The molecule has 1 aromatic heterocycles. The zero-order valence-corrected chi connectivity index (χ0v) is 11.1. The van der Waals surface area contributed by atoms with Crippen LogP contribution in [0.25, 0.3) is 0 Å². The molecule has 1 fully saturated rings. The van der Waals surface area contributed by atoms with Crippen LogP contribution in [0.1, 0.15) is 12.1 Å². The Bertz CT molecular complexity index is 398. The topological polar surface area (TPSA) is 60.6 Å². The molecule has 0 amide bonds. The highest BCUT2D eigenvalue weighted by Gasteiger charge is 2.23. The zero-order chi connectivity index (χ0) is 13.0. The fourth-order valence-corrected chi connectivity index (χ4v) is 2.42. The van der Waals surface area contributed by atoms with E-state index >= 15 is 0 Å². The van der Waals surface area contributed by atoms with E-state index in [2.05, 4.69) is 9.88 Å². The molecular formula is C13H21N3O2. The van der Waals surface area contributed by atoms with Crippen molar-refractivity contribution in [2.75, 3.05) is 33.9 Å². The molecule has 5 heteroatoms. The molecule has 1 aromatic rings. The molecule has 100 valence electrons. The van der Waals surface area contributed by atoms with Gasteiger partial charge in [0.05, 0.1) is 14.2 Å².